The van der Waals surface area contributed by atoms with Crippen molar-refractivity contribution in [2.75, 3.05) is 20.8 Å². The van der Waals surface area contributed by atoms with Gasteiger partial charge in [0.05, 0.1) is 14.2 Å². The Morgan fingerprint density at radius 1 is 1.30 bits per heavy atom. The molecule has 1 saturated carbocycles. The highest BCUT2D eigenvalue weighted by molar-refractivity contribution is 7.89. The molecule has 1 aliphatic rings. The molecule has 112 valence electrons. The van der Waals surface area contributed by atoms with Gasteiger partial charge in [-0.15, -0.1) is 0 Å². The number of ether oxygens (including phenoxy) is 2. The van der Waals surface area contributed by atoms with E-state index in [9.17, 15) is 12.8 Å². The Hall–Kier alpha value is -1.34. The van der Waals surface area contributed by atoms with E-state index in [-0.39, 0.29) is 11.5 Å². The van der Waals surface area contributed by atoms with Crippen LogP contribution in [0.5, 0.6) is 11.5 Å². The second-order valence-corrected chi connectivity index (χ2v) is 6.70. The molecule has 0 saturated heterocycles. The van der Waals surface area contributed by atoms with Crippen LogP contribution in [0.4, 0.5) is 4.39 Å². The third-order valence-corrected chi connectivity index (χ3v) is 4.98. The van der Waals surface area contributed by atoms with Crippen molar-refractivity contribution in [3.8, 4) is 11.5 Å². The van der Waals surface area contributed by atoms with Crippen LogP contribution >= 0.6 is 0 Å². The topological polar surface area (TPSA) is 64.6 Å². The SMILES string of the molecule is COc1cc(F)c(S(=O)(=O)NC[C@@H]2C[C@H]2C)cc1OC. The van der Waals surface area contributed by atoms with Crippen molar-refractivity contribution in [2.45, 2.75) is 18.2 Å². The van der Waals surface area contributed by atoms with E-state index in [1.54, 1.807) is 0 Å². The molecule has 0 spiro atoms. The van der Waals surface area contributed by atoms with Gasteiger partial charge in [0, 0.05) is 18.7 Å². The van der Waals surface area contributed by atoms with Crippen LogP contribution in [0.3, 0.4) is 0 Å². The average Bonchev–Trinajstić information content (AvgIpc) is 3.12. The molecule has 0 heterocycles. The van der Waals surface area contributed by atoms with Gasteiger partial charge >= 0.3 is 0 Å². The fourth-order valence-electron chi connectivity index (χ4n) is 2.02. The Morgan fingerprint density at radius 2 is 1.85 bits per heavy atom. The van der Waals surface area contributed by atoms with Crippen molar-refractivity contribution in [3.05, 3.63) is 17.9 Å². The van der Waals surface area contributed by atoms with Gasteiger partial charge in [-0.05, 0) is 18.3 Å². The van der Waals surface area contributed by atoms with Gasteiger partial charge in [0.2, 0.25) is 10.0 Å². The zero-order chi connectivity index (χ0) is 14.9. The molecule has 5 nitrogen and oxygen atoms in total. The standard InChI is InChI=1S/C13H18FNO4S/c1-8-4-9(8)7-15-20(16,17)13-6-12(19-3)11(18-2)5-10(13)14/h5-6,8-9,15H,4,7H2,1-3H3/t8-,9+/m1/s1. The van der Waals surface area contributed by atoms with Crippen molar-refractivity contribution in [3.63, 3.8) is 0 Å². The highest BCUT2D eigenvalue weighted by Crippen LogP contribution is 2.37. The first-order chi connectivity index (χ1) is 9.39. The number of rotatable bonds is 6. The predicted octanol–water partition coefficient (Wildman–Crippen LogP) is 1.78. The van der Waals surface area contributed by atoms with E-state index in [4.69, 9.17) is 9.47 Å². The number of nitrogens with one attached hydrogen (secondary N) is 1. The number of halogens is 1. The second-order valence-electron chi connectivity index (χ2n) is 4.96. The molecule has 1 aliphatic carbocycles. The van der Waals surface area contributed by atoms with Gasteiger partial charge in [-0.2, -0.15) is 0 Å². The summed E-state index contributed by atoms with van der Waals surface area (Å²) in [4.78, 5) is -0.427. The van der Waals surface area contributed by atoms with Gasteiger partial charge in [-0.25, -0.2) is 17.5 Å². The third kappa shape index (κ3) is 3.04. The van der Waals surface area contributed by atoms with Crippen LogP contribution in [0.2, 0.25) is 0 Å². The molecule has 1 aromatic carbocycles. The van der Waals surface area contributed by atoms with Crippen LogP contribution in [0.1, 0.15) is 13.3 Å². The van der Waals surface area contributed by atoms with Crippen LogP contribution < -0.4 is 14.2 Å². The molecule has 0 radical (unpaired) electrons. The summed E-state index contributed by atoms with van der Waals surface area (Å²) in [6.45, 7) is 2.38. The monoisotopic (exact) mass is 303 g/mol. The van der Waals surface area contributed by atoms with Gasteiger partial charge in [0.1, 0.15) is 10.7 Å². The molecule has 0 aromatic heterocycles. The van der Waals surface area contributed by atoms with Gasteiger partial charge < -0.3 is 9.47 Å². The normalized spacial score (nSPS) is 21.6. The maximum absolute atomic E-state index is 13.9. The number of sulfonamides is 1. The number of hydrogen-bond acceptors (Lipinski definition) is 4. The first-order valence-corrected chi connectivity index (χ1v) is 7.78. The molecule has 0 unspecified atom stereocenters. The summed E-state index contributed by atoms with van der Waals surface area (Å²) in [6.07, 6.45) is 0.997. The molecule has 1 fully saturated rings. The lowest BCUT2D eigenvalue weighted by Gasteiger charge is -2.12. The Balaban J connectivity index is 2.25. The minimum atomic E-state index is -3.89. The summed E-state index contributed by atoms with van der Waals surface area (Å²) in [5.74, 6) is 0.328. The van der Waals surface area contributed by atoms with Crippen LogP contribution in [-0.4, -0.2) is 29.2 Å². The van der Waals surface area contributed by atoms with Crippen molar-refractivity contribution in [2.24, 2.45) is 11.8 Å². The minimum Gasteiger partial charge on any atom is -0.493 e. The van der Waals surface area contributed by atoms with E-state index in [0.29, 0.717) is 18.4 Å². The number of methoxy groups -OCH3 is 2. The molecule has 7 heteroatoms. The lowest BCUT2D eigenvalue weighted by atomic mass is 10.3. The maximum atomic E-state index is 13.9. The molecule has 0 bridgehead atoms. The van der Waals surface area contributed by atoms with Crippen LogP contribution in [0, 0.1) is 17.7 Å². The zero-order valence-electron chi connectivity index (χ0n) is 11.6. The number of hydrogen-bond donors (Lipinski definition) is 1. The first-order valence-electron chi connectivity index (χ1n) is 6.30. The third-order valence-electron chi connectivity index (χ3n) is 3.54. The van der Waals surface area contributed by atoms with E-state index in [1.807, 2.05) is 0 Å². The first kappa shape index (κ1) is 15.1. The lowest BCUT2D eigenvalue weighted by molar-refractivity contribution is 0.350. The zero-order valence-corrected chi connectivity index (χ0v) is 12.5. The van der Waals surface area contributed by atoms with Crippen molar-refractivity contribution in [1.82, 2.24) is 4.72 Å². The minimum absolute atomic E-state index is 0.153. The van der Waals surface area contributed by atoms with Crippen LogP contribution in [-0.2, 0) is 10.0 Å². The fraction of sp³-hybridized carbons (Fsp3) is 0.538. The van der Waals surface area contributed by atoms with E-state index in [0.717, 1.165) is 18.6 Å². The summed E-state index contributed by atoms with van der Waals surface area (Å²) >= 11 is 0. The summed E-state index contributed by atoms with van der Waals surface area (Å²) in [7, 11) is -1.16. The molecule has 0 aliphatic heterocycles. The lowest BCUT2D eigenvalue weighted by Crippen LogP contribution is -2.27. The molecular formula is C13H18FNO4S. The van der Waals surface area contributed by atoms with E-state index < -0.39 is 20.7 Å². The number of benzene rings is 1. The van der Waals surface area contributed by atoms with Gasteiger partial charge in [-0.3, -0.25) is 0 Å². The average molecular weight is 303 g/mol. The van der Waals surface area contributed by atoms with E-state index in [1.165, 1.54) is 14.2 Å². The summed E-state index contributed by atoms with van der Waals surface area (Å²) in [5.41, 5.74) is 0. The van der Waals surface area contributed by atoms with Gasteiger partial charge in [0.25, 0.3) is 0 Å². The summed E-state index contributed by atoms with van der Waals surface area (Å²) in [6, 6.07) is 2.14. The Bertz CT molecular complexity index is 603. The van der Waals surface area contributed by atoms with Crippen LogP contribution in [0.25, 0.3) is 0 Å². The van der Waals surface area contributed by atoms with Gasteiger partial charge in [0.15, 0.2) is 11.5 Å². The fourth-order valence-corrected chi connectivity index (χ4v) is 3.19. The second kappa shape index (κ2) is 5.57. The van der Waals surface area contributed by atoms with E-state index in [2.05, 4.69) is 11.6 Å². The summed E-state index contributed by atoms with van der Waals surface area (Å²) < 4.78 is 50.5. The maximum Gasteiger partial charge on any atom is 0.243 e. The van der Waals surface area contributed by atoms with Crippen molar-refractivity contribution in [1.29, 1.82) is 0 Å². The molecule has 2 atom stereocenters. The van der Waals surface area contributed by atoms with E-state index >= 15 is 0 Å². The molecule has 20 heavy (non-hydrogen) atoms. The molecule has 1 aromatic rings. The quantitative estimate of drug-likeness (QED) is 0.870. The highest BCUT2D eigenvalue weighted by atomic mass is 32.2. The highest BCUT2D eigenvalue weighted by Gasteiger charge is 2.34. The molecule has 1 N–H and O–H groups in total. The summed E-state index contributed by atoms with van der Waals surface area (Å²) in [5, 5.41) is 0. The van der Waals surface area contributed by atoms with Crippen LogP contribution in [0.15, 0.2) is 17.0 Å². The molecule has 2 rings (SSSR count). The smallest absolute Gasteiger partial charge is 0.243 e. The molecule has 0 amide bonds. The van der Waals surface area contributed by atoms with Crippen molar-refractivity contribution >= 4 is 10.0 Å². The van der Waals surface area contributed by atoms with Crippen molar-refractivity contribution < 1.29 is 22.3 Å². The predicted molar refractivity (Wildman–Crippen MR) is 72.0 cm³/mol. The largest absolute Gasteiger partial charge is 0.493 e. The Morgan fingerprint density at radius 3 is 2.35 bits per heavy atom. The molecular weight excluding hydrogens is 285 g/mol. The Kier molecular flexibility index (Phi) is 4.19. The Labute approximate surface area is 118 Å². The van der Waals surface area contributed by atoms with Gasteiger partial charge in [-0.1, -0.05) is 6.92 Å².